The van der Waals surface area contributed by atoms with E-state index in [1.807, 2.05) is 48.5 Å². The molecule has 5 rings (SSSR count). The van der Waals surface area contributed by atoms with Gasteiger partial charge in [-0.05, 0) is 67.5 Å². The maximum atomic E-state index is 14.6. The zero-order valence-corrected chi connectivity index (χ0v) is 26.3. The van der Waals surface area contributed by atoms with E-state index in [2.05, 4.69) is 36.3 Å². The highest BCUT2D eigenvalue weighted by atomic mass is 35.5. The molecular formula is C32H41Cl2N3O3S. The lowest BCUT2D eigenvalue weighted by molar-refractivity contribution is -0.155. The Morgan fingerprint density at radius 1 is 1.02 bits per heavy atom. The molecule has 1 amide bonds. The van der Waals surface area contributed by atoms with Gasteiger partial charge in [0.15, 0.2) is 0 Å². The number of nitrogens with zero attached hydrogens (tertiary/aromatic N) is 3. The van der Waals surface area contributed by atoms with Crippen LogP contribution in [0.5, 0.6) is 0 Å². The van der Waals surface area contributed by atoms with E-state index in [1.165, 1.54) is 0 Å². The Bertz CT molecular complexity index is 1360. The Hall–Kier alpha value is -1.90. The van der Waals surface area contributed by atoms with Gasteiger partial charge >= 0.3 is 0 Å². The molecule has 222 valence electrons. The van der Waals surface area contributed by atoms with Crippen molar-refractivity contribution in [3.63, 3.8) is 0 Å². The van der Waals surface area contributed by atoms with E-state index in [0.29, 0.717) is 55.6 Å². The van der Waals surface area contributed by atoms with Crippen LogP contribution in [0.25, 0.3) is 0 Å². The van der Waals surface area contributed by atoms with Crippen LogP contribution in [0, 0.1) is 5.41 Å². The highest BCUT2D eigenvalue weighted by Crippen LogP contribution is 2.52. The number of amides is 1. The second kappa shape index (κ2) is 12.4. The fraction of sp³-hybridized carbons (Fsp3) is 0.531. The van der Waals surface area contributed by atoms with Gasteiger partial charge in [-0.3, -0.25) is 9.69 Å². The summed E-state index contributed by atoms with van der Waals surface area (Å²) in [4.78, 5) is 19.0. The average Bonchev–Trinajstić information content (AvgIpc) is 3.81. The lowest BCUT2D eigenvalue weighted by Gasteiger charge is -2.53. The third kappa shape index (κ3) is 6.40. The summed E-state index contributed by atoms with van der Waals surface area (Å²) in [5.74, 6) is 0.157. The smallest absolute Gasteiger partial charge is 0.229 e. The Labute approximate surface area is 255 Å². The molecule has 2 saturated heterocycles. The predicted octanol–water partition coefficient (Wildman–Crippen LogP) is 6.52. The molecule has 0 spiro atoms. The van der Waals surface area contributed by atoms with Gasteiger partial charge in [-0.2, -0.15) is 4.31 Å². The lowest BCUT2D eigenvalue weighted by Crippen LogP contribution is -2.59. The molecule has 2 heterocycles. The first-order valence-corrected chi connectivity index (χ1v) is 17.0. The molecule has 2 aromatic rings. The fourth-order valence-electron chi connectivity index (χ4n) is 6.74. The van der Waals surface area contributed by atoms with Crippen LogP contribution in [-0.4, -0.2) is 72.4 Å². The molecule has 0 aromatic heterocycles. The molecule has 6 nitrogen and oxygen atoms in total. The quantitative estimate of drug-likeness (QED) is 0.285. The highest BCUT2D eigenvalue weighted by Gasteiger charge is 2.51. The largest absolute Gasteiger partial charge is 0.330 e. The number of hydrogen-bond donors (Lipinski definition) is 0. The number of piperazine rings is 1. The van der Waals surface area contributed by atoms with Gasteiger partial charge in [0.1, 0.15) is 0 Å². The standard InChI is InChI=1S/C32H41Cl2N3O3S/c1-4-15-32(3)21-29(24-7-6-8-26(34)20-24)30(23-9-11-25(33)12-10-23)37(31(32)38)27(5-2)22-35-16-18-36(19-17-35)41(39,40)28-13-14-28/h4,6-12,20,27-30H,1,5,13-19,21-22H2,2-3H3/t27?,29-,30-,32+/m1/s1. The fourth-order valence-corrected chi connectivity index (χ4v) is 8.89. The zero-order chi connectivity index (χ0) is 29.4. The van der Waals surface area contributed by atoms with Crippen molar-refractivity contribution in [3.05, 3.63) is 82.4 Å². The summed E-state index contributed by atoms with van der Waals surface area (Å²) < 4.78 is 27.3. The Balaban J connectivity index is 1.49. The minimum atomic E-state index is -3.18. The topological polar surface area (TPSA) is 60.9 Å². The van der Waals surface area contributed by atoms with Crippen LogP contribution in [0.3, 0.4) is 0 Å². The number of sulfonamides is 1. The van der Waals surface area contributed by atoms with Gasteiger partial charge in [0, 0.05) is 54.7 Å². The molecule has 0 bridgehead atoms. The number of carbonyl (C=O) groups is 1. The van der Waals surface area contributed by atoms with Crippen molar-refractivity contribution in [2.75, 3.05) is 32.7 Å². The van der Waals surface area contributed by atoms with Crippen molar-refractivity contribution in [1.29, 1.82) is 0 Å². The molecule has 1 aliphatic carbocycles. The molecule has 41 heavy (non-hydrogen) atoms. The number of carbonyl (C=O) groups excluding carboxylic acids is 1. The third-order valence-electron chi connectivity index (χ3n) is 9.16. The van der Waals surface area contributed by atoms with E-state index >= 15 is 0 Å². The van der Waals surface area contributed by atoms with E-state index in [9.17, 15) is 13.2 Å². The van der Waals surface area contributed by atoms with E-state index < -0.39 is 15.4 Å². The number of benzene rings is 2. The van der Waals surface area contributed by atoms with Gasteiger partial charge in [-0.15, -0.1) is 6.58 Å². The molecule has 3 fully saturated rings. The Kier molecular flexibility index (Phi) is 9.22. The van der Waals surface area contributed by atoms with Crippen molar-refractivity contribution in [2.24, 2.45) is 5.41 Å². The van der Waals surface area contributed by atoms with E-state index in [-0.39, 0.29) is 29.2 Å². The van der Waals surface area contributed by atoms with Gasteiger partial charge in [0.2, 0.25) is 15.9 Å². The molecular weight excluding hydrogens is 577 g/mol. The molecule has 3 aliphatic rings. The summed E-state index contributed by atoms with van der Waals surface area (Å²) >= 11 is 12.8. The minimum absolute atomic E-state index is 0.0205. The maximum absolute atomic E-state index is 14.6. The van der Waals surface area contributed by atoms with Gasteiger partial charge < -0.3 is 4.90 Å². The number of piperidine rings is 1. The summed E-state index contributed by atoms with van der Waals surface area (Å²) in [6.45, 7) is 11.2. The zero-order valence-electron chi connectivity index (χ0n) is 24.0. The van der Waals surface area contributed by atoms with E-state index in [0.717, 1.165) is 30.4 Å². The van der Waals surface area contributed by atoms with Crippen molar-refractivity contribution in [1.82, 2.24) is 14.1 Å². The third-order valence-corrected chi connectivity index (χ3v) is 12.0. The van der Waals surface area contributed by atoms with Crippen LogP contribution in [0.1, 0.15) is 69.0 Å². The predicted molar refractivity (Wildman–Crippen MR) is 167 cm³/mol. The van der Waals surface area contributed by atoms with Gasteiger partial charge in [-0.1, -0.05) is 67.4 Å². The van der Waals surface area contributed by atoms with Crippen molar-refractivity contribution in [2.45, 2.75) is 69.2 Å². The number of hydrogen-bond acceptors (Lipinski definition) is 4. The molecule has 1 saturated carbocycles. The normalized spacial score (nSPS) is 27.1. The number of allylic oxidation sites excluding steroid dienone is 1. The molecule has 9 heteroatoms. The second-order valence-corrected chi connectivity index (χ2v) is 15.2. The summed E-state index contributed by atoms with van der Waals surface area (Å²) in [6, 6.07) is 15.6. The first-order chi connectivity index (χ1) is 19.6. The summed E-state index contributed by atoms with van der Waals surface area (Å²) in [6.07, 6.45) is 5.45. The lowest BCUT2D eigenvalue weighted by atomic mass is 9.67. The molecule has 0 radical (unpaired) electrons. The maximum Gasteiger partial charge on any atom is 0.229 e. The summed E-state index contributed by atoms with van der Waals surface area (Å²) in [5, 5.41) is 1.15. The van der Waals surface area contributed by atoms with Crippen molar-refractivity contribution < 1.29 is 13.2 Å². The SMILES string of the molecule is C=CC[C@@]1(C)C[C@H](c2cccc(Cl)c2)[C@@H](c2ccc(Cl)cc2)N(C(CC)CN2CCN(S(=O)(=O)C3CC3)CC2)C1=O. The highest BCUT2D eigenvalue weighted by molar-refractivity contribution is 7.90. The van der Waals surface area contributed by atoms with Crippen LogP contribution in [0.4, 0.5) is 0 Å². The van der Waals surface area contributed by atoms with Crippen molar-refractivity contribution >= 4 is 39.1 Å². The molecule has 1 unspecified atom stereocenters. The van der Waals surface area contributed by atoms with Gasteiger partial charge in [0.25, 0.3) is 0 Å². The Morgan fingerprint density at radius 3 is 2.29 bits per heavy atom. The van der Waals surface area contributed by atoms with Gasteiger partial charge in [0.05, 0.1) is 16.7 Å². The van der Waals surface area contributed by atoms with Crippen molar-refractivity contribution in [3.8, 4) is 0 Å². The minimum Gasteiger partial charge on any atom is -0.330 e. The average molecular weight is 619 g/mol. The second-order valence-electron chi connectivity index (χ2n) is 12.1. The van der Waals surface area contributed by atoms with Gasteiger partial charge in [-0.25, -0.2) is 8.42 Å². The van der Waals surface area contributed by atoms with Crippen LogP contribution in [0.2, 0.25) is 10.0 Å². The summed E-state index contributed by atoms with van der Waals surface area (Å²) in [5.41, 5.74) is 1.55. The van der Waals surface area contributed by atoms with Crippen LogP contribution in [-0.2, 0) is 14.8 Å². The molecule has 2 aliphatic heterocycles. The molecule has 4 atom stereocenters. The summed E-state index contributed by atoms with van der Waals surface area (Å²) in [7, 11) is -3.18. The molecule has 2 aromatic carbocycles. The first kappa shape index (κ1) is 30.6. The number of halogens is 2. The van der Waals surface area contributed by atoms with E-state index in [1.54, 1.807) is 4.31 Å². The Morgan fingerprint density at radius 2 is 1.71 bits per heavy atom. The molecule has 0 N–H and O–H groups in total. The monoisotopic (exact) mass is 617 g/mol. The van der Waals surface area contributed by atoms with Crippen LogP contribution < -0.4 is 0 Å². The van der Waals surface area contributed by atoms with Crippen LogP contribution >= 0.6 is 23.2 Å². The van der Waals surface area contributed by atoms with Crippen LogP contribution in [0.15, 0.2) is 61.2 Å². The van der Waals surface area contributed by atoms with E-state index in [4.69, 9.17) is 23.2 Å². The number of likely N-dealkylation sites (tertiary alicyclic amines) is 1. The first-order valence-electron chi connectivity index (χ1n) is 14.7. The number of rotatable bonds is 10.